The van der Waals surface area contributed by atoms with Crippen LogP contribution in [0.1, 0.15) is 12.0 Å². The Labute approximate surface area is 157 Å². The van der Waals surface area contributed by atoms with Crippen LogP contribution in [0.15, 0.2) is 47.8 Å². The second-order valence-corrected chi connectivity index (χ2v) is 8.43. The van der Waals surface area contributed by atoms with Gasteiger partial charge >= 0.3 is 0 Å². The van der Waals surface area contributed by atoms with E-state index in [4.69, 9.17) is 5.26 Å². The number of nitrogens with one attached hydrogen (secondary N) is 1. The molecule has 3 heterocycles. The van der Waals surface area contributed by atoms with Gasteiger partial charge in [0.15, 0.2) is 0 Å². The van der Waals surface area contributed by atoms with E-state index in [-0.39, 0.29) is 10.9 Å². The number of sulfonamides is 1. The number of hydrogen-bond donors (Lipinski definition) is 1. The topological polar surface area (TPSA) is 106 Å². The predicted molar refractivity (Wildman–Crippen MR) is 101 cm³/mol. The molecule has 0 radical (unpaired) electrons. The van der Waals surface area contributed by atoms with Crippen molar-refractivity contribution in [2.45, 2.75) is 17.4 Å². The van der Waals surface area contributed by atoms with E-state index in [1.54, 1.807) is 12.1 Å². The summed E-state index contributed by atoms with van der Waals surface area (Å²) in [5.41, 5.74) is 1.09. The van der Waals surface area contributed by atoms with Crippen molar-refractivity contribution < 1.29 is 8.42 Å². The molecule has 27 heavy (non-hydrogen) atoms. The minimum absolute atomic E-state index is 0.00641. The number of fused-ring (bicyclic) bond motifs is 1. The maximum Gasteiger partial charge on any atom is 0.243 e. The minimum atomic E-state index is -3.63. The molecule has 1 aliphatic rings. The molecule has 1 aliphatic heterocycles. The summed E-state index contributed by atoms with van der Waals surface area (Å²) >= 11 is 0. The molecular formula is C18H18N6O2S. The smallest absolute Gasteiger partial charge is 0.243 e. The molecule has 8 nitrogen and oxygen atoms in total. The highest BCUT2D eigenvalue weighted by Gasteiger charge is 2.35. The van der Waals surface area contributed by atoms with Crippen molar-refractivity contribution in [3.63, 3.8) is 0 Å². The van der Waals surface area contributed by atoms with Gasteiger partial charge in [0, 0.05) is 32.4 Å². The van der Waals surface area contributed by atoms with Gasteiger partial charge in [-0.15, -0.1) is 0 Å². The first-order chi connectivity index (χ1) is 13.0. The van der Waals surface area contributed by atoms with Gasteiger partial charge in [0.05, 0.1) is 21.9 Å². The van der Waals surface area contributed by atoms with Crippen molar-refractivity contribution in [2.24, 2.45) is 0 Å². The first-order valence-corrected chi connectivity index (χ1v) is 9.96. The first-order valence-electron chi connectivity index (χ1n) is 8.52. The quantitative estimate of drug-likeness (QED) is 0.737. The van der Waals surface area contributed by atoms with Crippen molar-refractivity contribution in [1.29, 1.82) is 5.26 Å². The largest absolute Gasteiger partial charge is 0.355 e. The molecule has 138 valence electrons. The molecule has 1 N–H and O–H groups in total. The number of H-pyrrole nitrogens is 1. The van der Waals surface area contributed by atoms with Crippen molar-refractivity contribution in [3.05, 3.63) is 48.4 Å². The summed E-state index contributed by atoms with van der Waals surface area (Å²) in [6.07, 6.45) is 4.01. The van der Waals surface area contributed by atoms with E-state index in [0.717, 1.165) is 16.9 Å². The Morgan fingerprint density at radius 2 is 2.19 bits per heavy atom. The van der Waals surface area contributed by atoms with Gasteiger partial charge in [-0.3, -0.25) is 0 Å². The summed E-state index contributed by atoms with van der Waals surface area (Å²) in [5, 5.41) is 9.93. The summed E-state index contributed by atoms with van der Waals surface area (Å²) in [7, 11) is -1.71. The molecule has 0 saturated carbocycles. The highest BCUT2D eigenvalue weighted by Crippen LogP contribution is 2.28. The van der Waals surface area contributed by atoms with Crippen molar-refractivity contribution >= 4 is 26.9 Å². The van der Waals surface area contributed by atoms with Crippen molar-refractivity contribution in [2.75, 3.05) is 25.0 Å². The Balaban J connectivity index is 1.58. The van der Waals surface area contributed by atoms with Crippen LogP contribution in [0.3, 0.4) is 0 Å². The van der Waals surface area contributed by atoms with E-state index in [2.05, 4.69) is 15.0 Å². The van der Waals surface area contributed by atoms with E-state index >= 15 is 0 Å². The number of anilines is 1. The zero-order chi connectivity index (χ0) is 19.0. The molecule has 1 aromatic carbocycles. The van der Waals surface area contributed by atoms with E-state index < -0.39 is 10.0 Å². The molecule has 2 aromatic heterocycles. The second kappa shape index (κ2) is 6.64. The van der Waals surface area contributed by atoms with Crippen LogP contribution in [0, 0.1) is 11.3 Å². The van der Waals surface area contributed by atoms with Gasteiger partial charge in [0.2, 0.25) is 10.0 Å². The number of benzene rings is 1. The molecule has 0 aliphatic carbocycles. The van der Waals surface area contributed by atoms with Crippen LogP contribution in [0.5, 0.6) is 0 Å². The molecular weight excluding hydrogens is 364 g/mol. The zero-order valence-electron chi connectivity index (χ0n) is 14.7. The van der Waals surface area contributed by atoms with Crippen LogP contribution in [-0.2, 0) is 10.0 Å². The van der Waals surface area contributed by atoms with E-state index in [9.17, 15) is 8.42 Å². The number of likely N-dealkylation sites (N-methyl/N-ethyl adjacent to an activating group) is 1. The number of nitrogens with zero attached hydrogens (tertiary/aromatic N) is 5. The summed E-state index contributed by atoms with van der Waals surface area (Å²) in [6, 6.07) is 10.0. The van der Waals surface area contributed by atoms with Crippen LogP contribution in [0.4, 0.5) is 5.82 Å². The van der Waals surface area contributed by atoms with Crippen LogP contribution in [0.25, 0.3) is 11.0 Å². The van der Waals surface area contributed by atoms with Gasteiger partial charge in [0.1, 0.15) is 17.8 Å². The minimum Gasteiger partial charge on any atom is -0.355 e. The van der Waals surface area contributed by atoms with Crippen LogP contribution in [0.2, 0.25) is 0 Å². The molecule has 4 rings (SSSR count). The average molecular weight is 382 g/mol. The molecule has 1 fully saturated rings. The fourth-order valence-electron chi connectivity index (χ4n) is 3.43. The lowest BCUT2D eigenvalue weighted by Gasteiger charge is -2.26. The van der Waals surface area contributed by atoms with Crippen molar-refractivity contribution in [3.8, 4) is 6.07 Å². The Kier molecular flexibility index (Phi) is 4.30. The lowest BCUT2D eigenvalue weighted by Crippen LogP contribution is -2.37. The summed E-state index contributed by atoms with van der Waals surface area (Å²) in [4.78, 5) is 13.8. The lowest BCUT2D eigenvalue weighted by molar-refractivity contribution is 0.470. The first kappa shape index (κ1) is 17.5. The SMILES string of the molecule is CN(c1ncnc2[nH]ccc12)[C@@H]1CCN(S(=O)(=O)c2cccc(C#N)c2)C1. The summed E-state index contributed by atoms with van der Waals surface area (Å²) in [6.45, 7) is 0.793. The van der Waals surface area contributed by atoms with Crippen molar-refractivity contribution in [1.82, 2.24) is 19.3 Å². The average Bonchev–Trinajstić information content (AvgIpc) is 3.37. The molecule has 0 unspecified atom stereocenters. The molecule has 0 amide bonds. The zero-order valence-corrected chi connectivity index (χ0v) is 15.5. The Morgan fingerprint density at radius 1 is 1.33 bits per heavy atom. The van der Waals surface area contributed by atoms with Crippen LogP contribution >= 0.6 is 0 Å². The highest BCUT2D eigenvalue weighted by atomic mass is 32.2. The van der Waals surface area contributed by atoms with Gasteiger partial charge in [-0.05, 0) is 30.7 Å². The number of aromatic amines is 1. The third-order valence-corrected chi connectivity index (χ3v) is 6.80. The third kappa shape index (κ3) is 3.03. The van der Waals surface area contributed by atoms with Gasteiger partial charge in [-0.2, -0.15) is 9.57 Å². The molecule has 3 aromatic rings. The van der Waals surface area contributed by atoms with E-state index in [1.807, 2.05) is 30.3 Å². The van der Waals surface area contributed by atoms with E-state index in [0.29, 0.717) is 25.1 Å². The third-order valence-electron chi connectivity index (χ3n) is 4.94. The highest BCUT2D eigenvalue weighted by molar-refractivity contribution is 7.89. The predicted octanol–water partition coefficient (Wildman–Crippen LogP) is 1.73. The Morgan fingerprint density at radius 3 is 3.00 bits per heavy atom. The van der Waals surface area contributed by atoms with E-state index in [1.165, 1.54) is 22.8 Å². The van der Waals surface area contributed by atoms with Gasteiger partial charge in [0.25, 0.3) is 0 Å². The molecule has 1 atom stereocenters. The molecule has 0 bridgehead atoms. The fourth-order valence-corrected chi connectivity index (χ4v) is 4.97. The number of hydrogen-bond acceptors (Lipinski definition) is 6. The number of rotatable bonds is 4. The number of nitriles is 1. The van der Waals surface area contributed by atoms with Crippen LogP contribution < -0.4 is 4.90 Å². The second-order valence-electron chi connectivity index (χ2n) is 6.49. The Hall–Kier alpha value is -2.96. The van der Waals surface area contributed by atoms with Gasteiger partial charge in [-0.25, -0.2) is 18.4 Å². The maximum absolute atomic E-state index is 12.9. The standard InChI is InChI=1S/C18H18N6O2S/c1-23(18-16-5-7-20-17(16)21-12-22-18)14-6-8-24(11-14)27(25,26)15-4-2-3-13(9-15)10-19/h2-5,7,9,12,14H,6,8,11H2,1H3,(H,20,21,22)/t14-/m1/s1. The Bertz CT molecular complexity index is 1130. The normalized spacial score (nSPS) is 17.9. The molecule has 1 saturated heterocycles. The molecule has 0 spiro atoms. The fraction of sp³-hybridized carbons (Fsp3) is 0.278. The summed E-state index contributed by atoms with van der Waals surface area (Å²) < 4.78 is 27.4. The van der Waals surface area contributed by atoms with Crippen LogP contribution in [-0.4, -0.2) is 53.9 Å². The number of aromatic nitrogens is 3. The van der Waals surface area contributed by atoms with Gasteiger partial charge < -0.3 is 9.88 Å². The maximum atomic E-state index is 12.9. The molecule has 9 heteroatoms. The lowest BCUT2D eigenvalue weighted by atomic mass is 10.2. The monoisotopic (exact) mass is 382 g/mol. The summed E-state index contributed by atoms with van der Waals surface area (Å²) in [5.74, 6) is 0.775. The van der Waals surface area contributed by atoms with Gasteiger partial charge in [-0.1, -0.05) is 6.07 Å².